The summed E-state index contributed by atoms with van der Waals surface area (Å²) in [4.78, 5) is 0. The van der Waals surface area contributed by atoms with E-state index in [1.807, 2.05) is 6.08 Å². The zero-order valence-electron chi connectivity index (χ0n) is 2.35. The second-order valence-corrected chi connectivity index (χ2v) is 1.14. The molecule has 0 aromatic heterocycles. The summed E-state index contributed by atoms with van der Waals surface area (Å²) in [6, 6.07) is 0. The van der Waals surface area contributed by atoms with E-state index in [0.29, 0.717) is 0 Å². The predicted octanol–water partition coefficient (Wildman–Crippen LogP) is 1.14. The monoisotopic (exact) mass is 143 g/mol. The Hall–Kier alpha value is 0.363. The molecule has 0 aliphatic heterocycles. The van der Waals surface area contributed by atoms with E-state index in [9.17, 15) is 0 Å². The van der Waals surface area contributed by atoms with Crippen molar-refractivity contribution in [3.63, 3.8) is 0 Å². The molecular formula is C3H5Ru+. The minimum atomic E-state index is 1.01. The fourth-order valence-corrected chi connectivity index (χ4v) is 0. The summed E-state index contributed by atoms with van der Waals surface area (Å²) >= 11 is 2.46. The van der Waals surface area contributed by atoms with Crippen LogP contribution in [0.5, 0.6) is 0 Å². The molecule has 4 heavy (non-hydrogen) atoms. The third-order valence-electron chi connectivity index (χ3n) is 0.102. The Kier molecular flexibility index (Phi) is 3.67. The molecule has 0 radical (unpaired) electrons. The first-order valence-corrected chi connectivity index (χ1v) is 2.30. The van der Waals surface area contributed by atoms with Gasteiger partial charge < -0.3 is 0 Å². The van der Waals surface area contributed by atoms with Gasteiger partial charge in [0.2, 0.25) is 0 Å². The summed E-state index contributed by atoms with van der Waals surface area (Å²) in [5, 5.41) is 1.01. The van der Waals surface area contributed by atoms with Crippen LogP contribution < -0.4 is 0 Å². The number of allylic oxidation sites excluding steroid dienone is 1. The van der Waals surface area contributed by atoms with E-state index in [0.717, 1.165) is 5.02 Å². The van der Waals surface area contributed by atoms with Gasteiger partial charge in [0.1, 0.15) is 0 Å². The van der Waals surface area contributed by atoms with E-state index in [4.69, 9.17) is 0 Å². The fraction of sp³-hybridized carbons (Fsp3) is 0.333. The summed E-state index contributed by atoms with van der Waals surface area (Å²) in [7, 11) is 0. The van der Waals surface area contributed by atoms with Crippen LogP contribution in [0.4, 0.5) is 0 Å². The molecule has 0 nitrogen and oxygen atoms in total. The third-order valence-corrected chi connectivity index (χ3v) is 0.604. The molecule has 0 N–H and O–H groups in total. The van der Waals surface area contributed by atoms with Gasteiger partial charge in [-0.3, -0.25) is 0 Å². The maximum atomic E-state index is 3.46. The first kappa shape index (κ1) is 4.36. The second-order valence-electron chi connectivity index (χ2n) is 0.433. The molecule has 0 aromatic carbocycles. The predicted molar refractivity (Wildman–Crippen MR) is 15.0 cm³/mol. The van der Waals surface area contributed by atoms with E-state index in [1.54, 1.807) is 0 Å². The Morgan fingerprint density at radius 3 is 2.25 bits per heavy atom. The average molecular weight is 142 g/mol. The molecule has 0 saturated heterocycles. The van der Waals surface area contributed by atoms with Gasteiger partial charge in [0.05, 0.1) is 0 Å². The Morgan fingerprint density at radius 1 is 2.00 bits per heavy atom. The third kappa shape index (κ3) is 2.36. The average Bonchev–Trinajstić information content (AvgIpc) is 1.37. The van der Waals surface area contributed by atoms with Crippen LogP contribution >= 0.6 is 0 Å². The molecule has 24 valence electrons. The van der Waals surface area contributed by atoms with Gasteiger partial charge in [-0.15, -0.1) is 0 Å². The van der Waals surface area contributed by atoms with Crippen LogP contribution in [0.15, 0.2) is 12.7 Å². The Morgan fingerprint density at radius 2 is 2.25 bits per heavy atom. The van der Waals surface area contributed by atoms with Crippen molar-refractivity contribution in [2.24, 2.45) is 0 Å². The quantitative estimate of drug-likeness (QED) is 0.380. The van der Waals surface area contributed by atoms with Gasteiger partial charge in [-0.2, -0.15) is 0 Å². The van der Waals surface area contributed by atoms with Crippen molar-refractivity contribution in [2.45, 2.75) is 5.02 Å². The zero-order chi connectivity index (χ0) is 3.41. The van der Waals surface area contributed by atoms with Crippen LogP contribution in [0, 0.1) is 0 Å². The van der Waals surface area contributed by atoms with Gasteiger partial charge in [0, 0.05) is 0 Å². The maximum absolute atomic E-state index is 3.46. The van der Waals surface area contributed by atoms with Crippen LogP contribution in [0.25, 0.3) is 0 Å². The topological polar surface area (TPSA) is 0 Å². The molecule has 0 aliphatic rings. The van der Waals surface area contributed by atoms with E-state index < -0.39 is 0 Å². The minimum absolute atomic E-state index is 1.01. The van der Waals surface area contributed by atoms with Crippen LogP contribution in [-0.2, 0) is 18.3 Å². The molecule has 0 aliphatic carbocycles. The van der Waals surface area contributed by atoms with Gasteiger partial charge >= 0.3 is 36.0 Å². The SMILES string of the molecule is C=C[CH2][Ru+]. The molecular weight excluding hydrogens is 137 g/mol. The van der Waals surface area contributed by atoms with Crippen molar-refractivity contribution in [2.75, 3.05) is 0 Å². The fourth-order valence-electron chi connectivity index (χ4n) is 0. The first-order chi connectivity index (χ1) is 1.91. The molecule has 0 bridgehead atoms. The normalized spacial score (nSPS) is 6.25. The number of rotatable bonds is 1. The molecule has 0 rings (SSSR count). The van der Waals surface area contributed by atoms with E-state index in [2.05, 4.69) is 24.9 Å². The van der Waals surface area contributed by atoms with Crippen LogP contribution in [0.3, 0.4) is 0 Å². The molecule has 1 heteroatoms. The Balaban J connectivity index is 2.30. The molecule has 0 unspecified atom stereocenters. The van der Waals surface area contributed by atoms with Crippen LogP contribution in [0.1, 0.15) is 0 Å². The van der Waals surface area contributed by atoms with Crippen molar-refractivity contribution < 1.29 is 18.3 Å². The summed E-state index contributed by atoms with van der Waals surface area (Å²) < 4.78 is 0. The van der Waals surface area contributed by atoms with Gasteiger partial charge in [-0.05, 0) is 0 Å². The molecule has 0 amide bonds. The van der Waals surface area contributed by atoms with Gasteiger partial charge in [-0.1, -0.05) is 0 Å². The Labute approximate surface area is 36.6 Å². The van der Waals surface area contributed by atoms with Gasteiger partial charge in [0.25, 0.3) is 0 Å². The van der Waals surface area contributed by atoms with Gasteiger partial charge in [-0.25, -0.2) is 0 Å². The molecule has 0 saturated carbocycles. The van der Waals surface area contributed by atoms with E-state index >= 15 is 0 Å². The number of hydrogen-bond acceptors (Lipinski definition) is 0. The molecule has 0 heterocycles. The zero-order valence-corrected chi connectivity index (χ0v) is 4.08. The molecule has 0 aromatic rings. The molecule has 0 fully saturated rings. The van der Waals surface area contributed by atoms with Gasteiger partial charge in [0.15, 0.2) is 0 Å². The van der Waals surface area contributed by atoms with Crippen molar-refractivity contribution in [1.29, 1.82) is 0 Å². The first-order valence-electron chi connectivity index (χ1n) is 1.07. The van der Waals surface area contributed by atoms with Crippen molar-refractivity contribution in [1.82, 2.24) is 0 Å². The Bertz CT molecular complexity index is 17.2. The van der Waals surface area contributed by atoms with Crippen molar-refractivity contribution in [3.8, 4) is 0 Å². The standard InChI is InChI=1S/C3H5.Ru/c1-3-2;/h3H,1-2H2;/q;+1. The van der Waals surface area contributed by atoms with Crippen LogP contribution in [0.2, 0.25) is 5.02 Å². The molecule has 0 spiro atoms. The summed E-state index contributed by atoms with van der Waals surface area (Å²) in [5.74, 6) is 0. The van der Waals surface area contributed by atoms with Crippen LogP contribution in [-0.4, -0.2) is 0 Å². The van der Waals surface area contributed by atoms with Crippen molar-refractivity contribution >= 4 is 0 Å². The summed E-state index contributed by atoms with van der Waals surface area (Å²) in [5.41, 5.74) is 0. The van der Waals surface area contributed by atoms with Crippen molar-refractivity contribution in [3.05, 3.63) is 12.7 Å². The van der Waals surface area contributed by atoms with E-state index in [-0.39, 0.29) is 0 Å². The number of hydrogen-bond donors (Lipinski definition) is 0. The summed E-state index contributed by atoms with van der Waals surface area (Å²) in [6.45, 7) is 3.46. The van der Waals surface area contributed by atoms with E-state index in [1.165, 1.54) is 0 Å². The second kappa shape index (κ2) is 3.36. The molecule has 0 atom stereocenters. The summed E-state index contributed by atoms with van der Waals surface area (Å²) in [6.07, 6.45) is 1.84.